The maximum absolute atomic E-state index is 12.6. The molecule has 0 atom stereocenters. The normalized spacial score (nSPS) is 18.7. The van der Waals surface area contributed by atoms with Crippen molar-refractivity contribution in [3.63, 3.8) is 0 Å². The summed E-state index contributed by atoms with van der Waals surface area (Å²) in [5.74, 6) is 1.94. The van der Waals surface area contributed by atoms with E-state index in [9.17, 15) is 4.79 Å². The summed E-state index contributed by atoms with van der Waals surface area (Å²) in [6.45, 7) is 5.42. The summed E-state index contributed by atoms with van der Waals surface area (Å²) in [6, 6.07) is 5.94. The molecule has 1 saturated carbocycles. The van der Waals surface area contributed by atoms with Crippen LogP contribution in [0.5, 0.6) is 0 Å². The first kappa shape index (κ1) is 22.3. The molecule has 1 aliphatic heterocycles. The number of amides is 1. The number of rotatable bonds is 9. The first-order chi connectivity index (χ1) is 14.7. The van der Waals surface area contributed by atoms with Crippen LogP contribution < -0.4 is 15.5 Å². The molecular weight excluding hydrogens is 380 g/mol. The molecule has 2 aliphatic rings. The number of ether oxygens (including phenoxy) is 1. The Morgan fingerprint density at radius 2 is 2.03 bits per heavy atom. The number of guanidine groups is 1. The Balaban J connectivity index is 1.34. The predicted molar refractivity (Wildman–Crippen MR) is 120 cm³/mol. The second-order valence-electron chi connectivity index (χ2n) is 8.25. The molecule has 0 unspecified atom stereocenters. The summed E-state index contributed by atoms with van der Waals surface area (Å²) in [6.07, 6.45) is 7.13. The lowest BCUT2D eigenvalue weighted by molar-refractivity contribution is -0.131. The Labute approximate surface area is 180 Å². The maximum Gasteiger partial charge on any atom is 0.224 e. The van der Waals surface area contributed by atoms with Gasteiger partial charge in [0.2, 0.25) is 5.91 Å². The van der Waals surface area contributed by atoms with E-state index in [2.05, 4.69) is 25.5 Å². The summed E-state index contributed by atoms with van der Waals surface area (Å²) >= 11 is 0. The van der Waals surface area contributed by atoms with Gasteiger partial charge >= 0.3 is 0 Å². The highest BCUT2D eigenvalue weighted by Gasteiger charge is 2.36. The number of nitrogens with zero attached hydrogens (tertiary/aromatic N) is 4. The smallest absolute Gasteiger partial charge is 0.224 e. The number of pyridine rings is 1. The SMILES string of the molecule is CN=C(NCCC(=O)N1CCN(c2ccccn2)CC1)NCC1(CCOC)CCC1. The second-order valence-corrected chi connectivity index (χ2v) is 8.25. The zero-order valence-corrected chi connectivity index (χ0v) is 18.4. The summed E-state index contributed by atoms with van der Waals surface area (Å²) < 4.78 is 5.26. The Hall–Kier alpha value is -2.35. The molecule has 8 heteroatoms. The summed E-state index contributed by atoms with van der Waals surface area (Å²) in [7, 11) is 3.53. The Morgan fingerprint density at radius 1 is 1.23 bits per heavy atom. The fourth-order valence-electron chi connectivity index (χ4n) is 4.17. The highest BCUT2D eigenvalue weighted by molar-refractivity contribution is 5.81. The number of methoxy groups -OCH3 is 1. The van der Waals surface area contributed by atoms with Crippen LogP contribution in [0, 0.1) is 5.41 Å². The minimum Gasteiger partial charge on any atom is -0.385 e. The van der Waals surface area contributed by atoms with Crippen molar-refractivity contribution in [3.05, 3.63) is 24.4 Å². The number of nitrogens with one attached hydrogen (secondary N) is 2. The van der Waals surface area contributed by atoms with E-state index in [1.807, 2.05) is 29.3 Å². The lowest BCUT2D eigenvalue weighted by atomic mass is 9.67. The third kappa shape index (κ3) is 6.08. The molecule has 0 aromatic carbocycles. The molecule has 0 bridgehead atoms. The van der Waals surface area contributed by atoms with Gasteiger partial charge in [0.1, 0.15) is 5.82 Å². The Bertz CT molecular complexity index is 684. The van der Waals surface area contributed by atoms with Gasteiger partial charge in [-0.15, -0.1) is 0 Å². The van der Waals surface area contributed by atoms with E-state index in [-0.39, 0.29) is 5.91 Å². The first-order valence-corrected chi connectivity index (χ1v) is 11.0. The average molecular weight is 417 g/mol. The van der Waals surface area contributed by atoms with E-state index in [0.29, 0.717) is 18.4 Å². The molecule has 166 valence electrons. The van der Waals surface area contributed by atoms with Gasteiger partial charge in [-0.1, -0.05) is 12.5 Å². The standard InChI is InChI=1S/C22H36N6O2/c1-23-21(26-18-22(8-5-9-22)10-17-30-2)25-12-7-20(29)28-15-13-27(14-16-28)19-6-3-4-11-24-19/h3-4,6,11H,5,7-10,12-18H2,1-2H3,(H2,23,25,26). The predicted octanol–water partition coefficient (Wildman–Crippen LogP) is 1.49. The molecule has 1 amide bonds. The summed E-state index contributed by atoms with van der Waals surface area (Å²) in [5, 5.41) is 6.73. The molecule has 2 heterocycles. The third-order valence-electron chi connectivity index (χ3n) is 6.34. The number of hydrogen-bond donors (Lipinski definition) is 2. The van der Waals surface area contributed by atoms with Crippen LogP contribution in [0.4, 0.5) is 5.82 Å². The van der Waals surface area contributed by atoms with Crippen molar-refractivity contribution < 1.29 is 9.53 Å². The monoisotopic (exact) mass is 416 g/mol. The molecule has 0 radical (unpaired) electrons. The molecule has 0 spiro atoms. The van der Waals surface area contributed by atoms with E-state index in [1.165, 1.54) is 19.3 Å². The van der Waals surface area contributed by atoms with Crippen LogP contribution in [0.1, 0.15) is 32.1 Å². The van der Waals surface area contributed by atoms with Crippen molar-refractivity contribution in [1.82, 2.24) is 20.5 Å². The highest BCUT2D eigenvalue weighted by Crippen LogP contribution is 2.43. The molecule has 2 fully saturated rings. The van der Waals surface area contributed by atoms with E-state index in [0.717, 1.165) is 57.5 Å². The zero-order chi connectivity index (χ0) is 21.2. The molecule has 2 N–H and O–H groups in total. The maximum atomic E-state index is 12.6. The fourth-order valence-corrected chi connectivity index (χ4v) is 4.17. The molecule has 1 aromatic rings. The lowest BCUT2D eigenvalue weighted by Crippen LogP contribution is -2.50. The third-order valence-corrected chi connectivity index (χ3v) is 6.34. The van der Waals surface area contributed by atoms with Crippen molar-refractivity contribution in [2.75, 3.05) is 64.9 Å². The summed E-state index contributed by atoms with van der Waals surface area (Å²) in [5.41, 5.74) is 0.330. The van der Waals surface area contributed by atoms with Gasteiger partial charge in [0.15, 0.2) is 5.96 Å². The molecule has 30 heavy (non-hydrogen) atoms. The number of piperazine rings is 1. The van der Waals surface area contributed by atoms with Crippen molar-refractivity contribution in [1.29, 1.82) is 0 Å². The molecule has 1 aliphatic carbocycles. The molecular formula is C22H36N6O2. The van der Waals surface area contributed by atoms with Crippen LogP contribution in [-0.2, 0) is 9.53 Å². The average Bonchev–Trinajstić information content (AvgIpc) is 2.77. The van der Waals surface area contributed by atoms with E-state index in [1.54, 1.807) is 14.2 Å². The molecule has 1 saturated heterocycles. The zero-order valence-electron chi connectivity index (χ0n) is 18.4. The molecule has 8 nitrogen and oxygen atoms in total. The number of hydrogen-bond acceptors (Lipinski definition) is 5. The van der Waals surface area contributed by atoms with Gasteiger partial charge in [-0.2, -0.15) is 0 Å². The number of anilines is 1. The number of carbonyl (C=O) groups is 1. The van der Waals surface area contributed by atoms with E-state index < -0.39 is 0 Å². The second kappa shape index (κ2) is 11.2. The Kier molecular flexibility index (Phi) is 8.30. The van der Waals surface area contributed by atoms with Crippen LogP contribution in [0.15, 0.2) is 29.4 Å². The number of aliphatic imine (C=N–C) groups is 1. The van der Waals surface area contributed by atoms with Crippen molar-refractivity contribution in [2.45, 2.75) is 32.1 Å². The van der Waals surface area contributed by atoms with Crippen LogP contribution in [-0.4, -0.2) is 81.8 Å². The summed E-state index contributed by atoms with van der Waals surface area (Å²) in [4.78, 5) is 25.5. The van der Waals surface area contributed by atoms with Crippen LogP contribution in [0.25, 0.3) is 0 Å². The minimum absolute atomic E-state index is 0.189. The fraction of sp³-hybridized carbons (Fsp3) is 0.682. The van der Waals surface area contributed by atoms with Gasteiger partial charge in [-0.25, -0.2) is 4.98 Å². The van der Waals surface area contributed by atoms with Crippen LogP contribution in [0.2, 0.25) is 0 Å². The molecule has 3 rings (SSSR count). The van der Waals surface area contributed by atoms with Crippen molar-refractivity contribution >= 4 is 17.7 Å². The Morgan fingerprint density at radius 3 is 2.63 bits per heavy atom. The lowest BCUT2D eigenvalue weighted by Gasteiger charge is -2.42. The van der Waals surface area contributed by atoms with Crippen LogP contribution >= 0.6 is 0 Å². The van der Waals surface area contributed by atoms with Gasteiger partial charge < -0.3 is 25.2 Å². The van der Waals surface area contributed by atoms with Crippen LogP contribution in [0.3, 0.4) is 0 Å². The number of carbonyl (C=O) groups excluding carboxylic acids is 1. The van der Waals surface area contributed by atoms with Gasteiger partial charge in [-0.3, -0.25) is 9.79 Å². The van der Waals surface area contributed by atoms with Gasteiger partial charge in [0.25, 0.3) is 0 Å². The van der Waals surface area contributed by atoms with Gasteiger partial charge in [0, 0.05) is 72.7 Å². The van der Waals surface area contributed by atoms with E-state index in [4.69, 9.17) is 4.74 Å². The van der Waals surface area contributed by atoms with Gasteiger partial charge in [0.05, 0.1) is 0 Å². The van der Waals surface area contributed by atoms with E-state index >= 15 is 0 Å². The largest absolute Gasteiger partial charge is 0.385 e. The van der Waals surface area contributed by atoms with Crippen molar-refractivity contribution in [3.8, 4) is 0 Å². The quantitative estimate of drug-likeness (QED) is 0.469. The first-order valence-electron chi connectivity index (χ1n) is 11.0. The van der Waals surface area contributed by atoms with Gasteiger partial charge in [-0.05, 0) is 36.8 Å². The van der Waals surface area contributed by atoms with Crippen molar-refractivity contribution in [2.24, 2.45) is 10.4 Å². The topological polar surface area (TPSA) is 82.1 Å². The highest BCUT2D eigenvalue weighted by atomic mass is 16.5. The minimum atomic E-state index is 0.189. The number of aromatic nitrogens is 1. The molecule has 1 aromatic heterocycles.